The molecule has 0 saturated carbocycles. The minimum atomic E-state index is 0.260. The van der Waals surface area contributed by atoms with Gasteiger partial charge in [-0.15, -0.1) is 0 Å². The molecule has 1 aromatic carbocycles. The third-order valence-electron chi connectivity index (χ3n) is 3.19. The summed E-state index contributed by atoms with van der Waals surface area (Å²) in [6, 6.07) is 9.30. The molecule has 0 amide bonds. The van der Waals surface area contributed by atoms with Crippen LogP contribution < -0.4 is 0 Å². The fraction of sp³-hybridized carbons (Fsp3) is 0. The van der Waals surface area contributed by atoms with E-state index in [9.17, 15) is 5.11 Å². The molecule has 2 heterocycles. The van der Waals surface area contributed by atoms with E-state index in [0.29, 0.717) is 0 Å². The second-order valence-electron chi connectivity index (χ2n) is 4.15. The van der Waals surface area contributed by atoms with Crippen molar-refractivity contribution < 1.29 is 5.11 Å². The summed E-state index contributed by atoms with van der Waals surface area (Å²) in [7, 11) is 0. The largest absolute Gasteiger partial charge is 0.508 e. The van der Waals surface area contributed by atoms with Crippen molar-refractivity contribution in [1.29, 1.82) is 0 Å². The molecule has 3 nitrogen and oxygen atoms in total. The average molecular weight is 220 g/mol. The van der Waals surface area contributed by atoms with Crippen molar-refractivity contribution in [3.63, 3.8) is 0 Å². The molecule has 17 heavy (non-hydrogen) atoms. The summed E-state index contributed by atoms with van der Waals surface area (Å²) in [5.74, 6) is 0.260. The Morgan fingerprint density at radius 3 is 2.29 bits per heavy atom. The SMILES string of the molecule is Oc1ccc2c(c1)-c1nccc3ccnc-2c13. The van der Waals surface area contributed by atoms with Crippen LogP contribution in [0.4, 0.5) is 0 Å². The van der Waals surface area contributed by atoms with Crippen LogP contribution in [0, 0.1) is 0 Å². The van der Waals surface area contributed by atoms with Gasteiger partial charge in [-0.05, 0) is 35.7 Å². The first-order valence-electron chi connectivity index (χ1n) is 5.42. The third kappa shape index (κ3) is 1.00. The van der Waals surface area contributed by atoms with Crippen molar-refractivity contribution in [3.8, 4) is 28.3 Å². The maximum atomic E-state index is 9.58. The van der Waals surface area contributed by atoms with Gasteiger partial charge in [0.1, 0.15) is 5.75 Å². The van der Waals surface area contributed by atoms with Gasteiger partial charge in [-0.2, -0.15) is 0 Å². The maximum Gasteiger partial charge on any atom is 0.116 e. The van der Waals surface area contributed by atoms with Crippen LogP contribution in [-0.2, 0) is 0 Å². The molecule has 80 valence electrons. The maximum absolute atomic E-state index is 9.58. The van der Waals surface area contributed by atoms with E-state index < -0.39 is 0 Å². The monoisotopic (exact) mass is 220 g/mol. The van der Waals surface area contributed by atoms with Gasteiger partial charge in [-0.1, -0.05) is 0 Å². The Labute approximate surface area is 97.4 Å². The highest BCUT2D eigenvalue weighted by molar-refractivity contribution is 6.12. The highest BCUT2D eigenvalue weighted by Crippen LogP contribution is 2.45. The number of aromatic nitrogens is 2. The lowest BCUT2D eigenvalue weighted by Crippen LogP contribution is -1.81. The summed E-state index contributed by atoms with van der Waals surface area (Å²) in [5, 5.41) is 11.8. The molecule has 0 atom stereocenters. The fourth-order valence-corrected chi connectivity index (χ4v) is 2.46. The smallest absolute Gasteiger partial charge is 0.116 e. The van der Waals surface area contributed by atoms with E-state index in [1.807, 2.05) is 24.4 Å². The average Bonchev–Trinajstić information content (AvgIpc) is 2.67. The zero-order valence-electron chi connectivity index (χ0n) is 8.88. The number of phenols is 1. The predicted molar refractivity (Wildman–Crippen MR) is 65.6 cm³/mol. The van der Waals surface area contributed by atoms with Gasteiger partial charge in [0.15, 0.2) is 0 Å². The molecule has 0 radical (unpaired) electrons. The molecule has 2 aromatic heterocycles. The molecule has 0 spiro atoms. The normalized spacial score (nSPS) is 11.8. The standard InChI is InChI=1S/C14H8N2O/c17-9-1-2-10-11(7-9)14-12-8(4-6-16-14)3-5-15-13(10)12/h1-7,17H. The lowest BCUT2D eigenvalue weighted by atomic mass is 10.1. The van der Waals surface area contributed by atoms with Gasteiger partial charge in [0.2, 0.25) is 0 Å². The third-order valence-corrected chi connectivity index (χ3v) is 3.19. The van der Waals surface area contributed by atoms with E-state index in [2.05, 4.69) is 9.97 Å². The Bertz CT molecular complexity index is 760. The quantitative estimate of drug-likeness (QED) is 0.495. The van der Waals surface area contributed by atoms with Gasteiger partial charge in [0.05, 0.1) is 11.4 Å². The molecular weight excluding hydrogens is 212 g/mol. The van der Waals surface area contributed by atoms with Crippen LogP contribution in [0.15, 0.2) is 42.7 Å². The molecule has 0 unspecified atom stereocenters. The summed E-state index contributed by atoms with van der Waals surface area (Å²) in [4.78, 5) is 8.84. The molecule has 1 N–H and O–H groups in total. The van der Waals surface area contributed by atoms with Crippen LogP contribution in [0.1, 0.15) is 0 Å². The summed E-state index contributed by atoms with van der Waals surface area (Å²) in [6.45, 7) is 0. The number of fused-ring (bicyclic) bond motifs is 3. The Morgan fingerprint density at radius 1 is 0.824 bits per heavy atom. The van der Waals surface area contributed by atoms with Crippen LogP contribution >= 0.6 is 0 Å². The van der Waals surface area contributed by atoms with E-state index in [1.165, 1.54) is 0 Å². The van der Waals surface area contributed by atoms with Gasteiger partial charge < -0.3 is 5.11 Å². The van der Waals surface area contributed by atoms with E-state index in [1.54, 1.807) is 18.3 Å². The molecule has 3 heteroatoms. The number of nitrogens with zero attached hydrogens (tertiary/aromatic N) is 2. The topological polar surface area (TPSA) is 46.0 Å². The summed E-state index contributed by atoms with van der Waals surface area (Å²) >= 11 is 0. The van der Waals surface area contributed by atoms with Gasteiger partial charge in [0, 0.05) is 28.9 Å². The number of rotatable bonds is 0. The number of pyridine rings is 2. The highest BCUT2D eigenvalue weighted by Gasteiger charge is 2.23. The molecule has 1 aliphatic carbocycles. The summed E-state index contributed by atoms with van der Waals surface area (Å²) < 4.78 is 0. The first-order chi connectivity index (χ1) is 8.34. The Balaban J connectivity index is 2.26. The van der Waals surface area contributed by atoms with Crippen molar-refractivity contribution in [2.24, 2.45) is 0 Å². The summed E-state index contributed by atoms with van der Waals surface area (Å²) in [6.07, 6.45) is 3.60. The molecule has 0 saturated heterocycles. The van der Waals surface area contributed by atoms with Crippen LogP contribution in [0.2, 0.25) is 0 Å². The first kappa shape index (κ1) is 8.70. The summed E-state index contributed by atoms with van der Waals surface area (Å²) in [5.41, 5.74) is 3.88. The molecule has 3 aromatic rings. The van der Waals surface area contributed by atoms with Crippen molar-refractivity contribution in [2.75, 3.05) is 0 Å². The lowest BCUT2D eigenvalue weighted by Gasteiger charge is -2.00. The fourth-order valence-electron chi connectivity index (χ4n) is 2.46. The molecular formula is C14H8N2O. The van der Waals surface area contributed by atoms with Gasteiger partial charge >= 0.3 is 0 Å². The van der Waals surface area contributed by atoms with Crippen LogP contribution in [-0.4, -0.2) is 15.1 Å². The zero-order chi connectivity index (χ0) is 11.4. The number of aromatic hydroxyl groups is 1. The Kier molecular flexibility index (Phi) is 1.45. The van der Waals surface area contributed by atoms with Crippen LogP contribution in [0.3, 0.4) is 0 Å². The zero-order valence-corrected chi connectivity index (χ0v) is 8.88. The van der Waals surface area contributed by atoms with E-state index in [-0.39, 0.29) is 5.75 Å². The van der Waals surface area contributed by atoms with E-state index >= 15 is 0 Å². The number of hydrogen-bond acceptors (Lipinski definition) is 3. The van der Waals surface area contributed by atoms with Gasteiger partial charge in [-0.3, -0.25) is 9.97 Å². The molecule has 0 aliphatic heterocycles. The van der Waals surface area contributed by atoms with Gasteiger partial charge in [0.25, 0.3) is 0 Å². The molecule has 1 aliphatic rings. The lowest BCUT2D eigenvalue weighted by molar-refractivity contribution is 0.475. The first-order valence-corrected chi connectivity index (χ1v) is 5.42. The van der Waals surface area contributed by atoms with Crippen molar-refractivity contribution in [3.05, 3.63) is 42.7 Å². The number of phenolic OH excluding ortho intramolecular Hbond substituents is 1. The Morgan fingerprint density at radius 2 is 1.53 bits per heavy atom. The van der Waals surface area contributed by atoms with Crippen LogP contribution in [0.25, 0.3) is 33.3 Å². The van der Waals surface area contributed by atoms with Crippen molar-refractivity contribution in [1.82, 2.24) is 9.97 Å². The second kappa shape index (κ2) is 2.83. The van der Waals surface area contributed by atoms with E-state index in [4.69, 9.17) is 0 Å². The number of hydrogen-bond donors (Lipinski definition) is 1. The molecule has 0 bridgehead atoms. The Hall–Kier alpha value is -2.42. The number of benzene rings is 1. The van der Waals surface area contributed by atoms with Gasteiger partial charge in [-0.25, -0.2) is 0 Å². The van der Waals surface area contributed by atoms with E-state index in [0.717, 1.165) is 33.3 Å². The highest BCUT2D eigenvalue weighted by atomic mass is 16.3. The minimum absolute atomic E-state index is 0.260. The predicted octanol–water partition coefficient (Wildman–Crippen LogP) is 2.98. The second-order valence-corrected chi connectivity index (χ2v) is 4.15. The molecule has 0 fully saturated rings. The van der Waals surface area contributed by atoms with Crippen LogP contribution in [0.5, 0.6) is 5.75 Å². The minimum Gasteiger partial charge on any atom is -0.508 e. The van der Waals surface area contributed by atoms with Crippen molar-refractivity contribution in [2.45, 2.75) is 0 Å². The van der Waals surface area contributed by atoms with Crippen molar-refractivity contribution >= 4 is 10.8 Å². The molecule has 4 rings (SSSR count).